The van der Waals surface area contributed by atoms with Gasteiger partial charge < -0.3 is 10.1 Å². The topological polar surface area (TPSA) is 84.5 Å². The number of carbonyl (C=O) groups excluding carboxylic acids is 1. The summed E-state index contributed by atoms with van der Waals surface area (Å²) in [6.45, 7) is 1.86. The van der Waals surface area contributed by atoms with Crippen molar-refractivity contribution in [3.8, 4) is 5.75 Å². The van der Waals surface area contributed by atoms with Crippen molar-refractivity contribution in [1.29, 1.82) is 0 Å². The second-order valence-corrected chi connectivity index (χ2v) is 9.05. The molecule has 0 spiro atoms. The van der Waals surface area contributed by atoms with Gasteiger partial charge in [-0.15, -0.1) is 0 Å². The molecule has 1 atom stereocenters. The van der Waals surface area contributed by atoms with E-state index in [4.69, 9.17) is 4.74 Å². The van der Waals surface area contributed by atoms with Crippen LogP contribution < -0.4 is 14.8 Å². The average molecular weight is 489 g/mol. The summed E-state index contributed by atoms with van der Waals surface area (Å²) in [7, 11) is -3.74. The molecule has 0 unspecified atom stereocenters. The first-order valence-corrected chi connectivity index (χ1v) is 11.6. The maximum atomic E-state index is 12.5. The zero-order valence-electron chi connectivity index (χ0n) is 16.2. The molecule has 0 aliphatic carbocycles. The molecular weight excluding hydrogens is 468 g/mol. The SMILES string of the molecule is CC[C@@H](Oc1ccccc1)C(=O)Nc1ccc(S(=O)(=O)Nc2ccc(Br)cc2)cc1. The van der Waals surface area contributed by atoms with Gasteiger partial charge in [0, 0.05) is 15.8 Å². The molecule has 6 nitrogen and oxygen atoms in total. The second-order valence-electron chi connectivity index (χ2n) is 6.45. The first kappa shape index (κ1) is 21.9. The number of nitrogens with one attached hydrogen (secondary N) is 2. The molecule has 3 rings (SSSR count). The molecule has 0 radical (unpaired) electrons. The van der Waals surface area contributed by atoms with Gasteiger partial charge in [0.1, 0.15) is 5.75 Å². The van der Waals surface area contributed by atoms with Crippen LogP contribution in [0, 0.1) is 0 Å². The van der Waals surface area contributed by atoms with Gasteiger partial charge in [0.25, 0.3) is 15.9 Å². The number of rotatable bonds is 8. The van der Waals surface area contributed by atoms with Gasteiger partial charge in [0.05, 0.1) is 4.90 Å². The van der Waals surface area contributed by atoms with Crippen LogP contribution in [0.15, 0.2) is 88.2 Å². The van der Waals surface area contributed by atoms with Crippen molar-refractivity contribution in [3.63, 3.8) is 0 Å². The molecular formula is C22H21BrN2O4S. The lowest BCUT2D eigenvalue weighted by Gasteiger charge is -2.17. The molecule has 156 valence electrons. The molecule has 0 heterocycles. The normalized spacial score (nSPS) is 12.1. The number of hydrogen-bond donors (Lipinski definition) is 2. The molecule has 0 fully saturated rings. The Kier molecular flexibility index (Phi) is 7.12. The van der Waals surface area contributed by atoms with Crippen LogP contribution in [0.3, 0.4) is 0 Å². The molecule has 30 heavy (non-hydrogen) atoms. The number of amides is 1. The summed E-state index contributed by atoms with van der Waals surface area (Å²) in [4.78, 5) is 12.6. The predicted octanol–water partition coefficient (Wildman–Crippen LogP) is 5.05. The van der Waals surface area contributed by atoms with Crippen LogP contribution in [0.2, 0.25) is 0 Å². The fraction of sp³-hybridized carbons (Fsp3) is 0.136. The third-order valence-electron chi connectivity index (χ3n) is 4.21. The third-order valence-corrected chi connectivity index (χ3v) is 6.14. The number of para-hydroxylation sites is 1. The van der Waals surface area contributed by atoms with Crippen molar-refractivity contribution in [3.05, 3.63) is 83.3 Å². The molecule has 0 saturated heterocycles. The van der Waals surface area contributed by atoms with Crippen LogP contribution in [-0.2, 0) is 14.8 Å². The number of sulfonamides is 1. The highest BCUT2D eigenvalue weighted by Gasteiger charge is 2.19. The Morgan fingerprint density at radius 2 is 1.53 bits per heavy atom. The van der Waals surface area contributed by atoms with E-state index in [0.29, 0.717) is 23.5 Å². The Labute approximate surface area is 184 Å². The average Bonchev–Trinajstić information content (AvgIpc) is 2.74. The Morgan fingerprint density at radius 3 is 2.13 bits per heavy atom. The number of benzene rings is 3. The van der Waals surface area contributed by atoms with Gasteiger partial charge in [-0.25, -0.2) is 8.42 Å². The largest absolute Gasteiger partial charge is 0.481 e. The van der Waals surface area contributed by atoms with Gasteiger partial charge >= 0.3 is 0 Å². The van der Waals surface area contributed by atoms with Crippen molar-refractivity contribution in [2.45, 2.75) is 24.3 Å². The van der Waals surface area contributed by atoms with Crippen LogP contribution in [0.25, 0.3) is 0 Å². The lowest BCUT2D eigenvalue weighted by molar-refractivity contribution is -0.122. The van der Waals surface area contributed by atoms with Gasteiger partial charge in [-0.2, -0.15) is 0 Å². The maximum Gasteiger partial charge on any atom is 0.265 e. The van der Waals surface area contributed by atoms with Crippen molar-refractivity contribution in [2.75, 3.05) is 10.0 Å². The third kappa shape index (κ3) is 5.84. The van der Waals surface area contributed by atoms with Gasteiger partial charge in [0.15, 0.2) is 6.10 Å². The van der Waals surface area contributed by atoms with Gasteiger partial charge in [-0.1, -0.05) is 41.1 Å². The molecule has 3 aromatic carbocycles. The zero-order valence-corrected chi connectivity index (χ0v) is 18.6. The van der Waals surface area contributed by atoms with E-state index in [0.717, 1.165) is 4.47 Å². The summed E-state index contributed by atoms with van der Waals surface area (Å²) >= 11 is 3.31. The van der Waals surface area contributed by atoms with Crippen LogP contribution in [0.1, 0.15) is 13.3 Å². The Balaban J connectivity index is 1.65. The summed E-state index contributed by atoms with van der Waals surface area (Å²) in [5, 5.41) is 2.76. The zero-order chi connectivity index (χ0) is 21.6. The minimum atomic E-state index is -3.74. The molecule has 0 saturated carbocycles. The number of anilines is 2. The van der Waals surface area contributed by atoms with Crippen LogP contribution in [0.5, 0.6) is 5.75 Å². The van der Waals surface area contributed by atoms with E-state index in [1.165, 1.54) is 12.1 Å². The fourth-order valence-corrected chi connectivity index (χ4v) is 3.98. The Bertz CT molecular complexity index is 1090. The molecule has 0 aromatic heterocycles. The number of carbonyl (C=O) groups is 1. The summed E-state index contributed by atoms with van der Waals surface area (Å²) in [5.41, 5.74) is 0.942. The standard InChI is InChI=1S/C22H21BrN2O4S/c1-2-21(29-19-6-4-3-5-7-19)22(26)24-17-12-14-20(15-13-17)30(27,28)25-18-10-8-16(23)9-11-18/h3-15,21,25H,2H2,1H3,(H,24,26)/t21-/m1/s1. The Hall–Kier alpha value is -2.84. The molecule has 0 aliphatic heterocycles. The number of halogens is 1. The number of ether oxygens (including phenoxy) is 1. The van der Waals surface area contributed by atoms with Crippen LogP contribution >= 0.6 is 15.9 Å². The van der Waals surface area contributed by atoms with E-state index >= 15 is 0 Å². The first-order valence-electron chi connectivity index (χ1n) is 9.28. The van der Waals surface area contributed by atoms with E-state index in [1.54, 1.807) is 48.5 Å². The van der Waals surface area contributed by atoms with Gasteiger partial charge in [-0.05, 0) is 67.1 Å². The predicted molar refractivity (Wildman–Crippen MR) is 121 cm³/mol. The van der Waals surface area contributed by atoms with Crippen LogP contribution in [-0.4, -0.2) is 20.4 Å². The van der Waals surface area contributed by atoms with Crippen molar-refractivity contribution < 1.29 is 17.9 Å². The highest BCUT2D eigenvalue weighted by atomic mass is 79.9. The highest BCUT2D eigenvalue weighted by molar-refractivity contribution is 9.10. The van der Waals surface area contributed by atoms with E-state index in [2.05, 4.69) is 26.0 Å². The molecule has 2 N–H and O–H groups in total. The van der Waals surface area contributed by atoms with Crippen LogP contribution in [0.4, 0.5) is 11.4 Å². The minimum Gasteiger partial charge on any atom is -0.481 e. The summed E-state index contributed by atoms with van der Waals surface area (Å²) in [6, 6.07) is 21.9. The lowest BCUT2D eigenvalue weighted by Crippen LogP contribution is -2.32. The maximum absolute atomic E-state index is 12.5. The summed E-state index contributed by atoms with van der Waals surface area (Å²) < 4.78 is 34.2. The second kappa shape index (κ2) is 9.77. The smallest absolute Gasteiger partial charge is 0.265 e. The van der Waals surface area contributed by atoms with E-state index in [-0.39, 0.29) is 10.8 Å². The molecule has 1 amide bonds. The molecule has 0 aliphatic rings. The van der Waals surface area contributed by atoms with E-state index < -0.39 is 16.1 Å². The summed E-state index contributed by atoms with van der Waals surface area (Å²) in [5.74, 6) is 0.310. The fourth-order valence-electron chi connectivity index (χ4n) is 2.66. The Morgan fingerprint density at radius 1 is 0.933 bits per heavy atom. The monoisotopic (exact) mass is 488 g/mol. The summed E-state index contributed by atoms with van der Waals surface area (Å²) in [6.07, 6.45) is -0.167. The van der Waals surface area contributed by atoms with E-state index in [9.17, 15) is 13.2 Å². The van der Waals surface area contributed by atoms with Gasteiger partial charge in [0.2, 0.25) is 0 Å². The minimum absolute atomic E-state index is 0.0935. The van der Waals surface area contributed by atoms with Crippen molar-refractivity contribution in [2.24, 2.45) is 0 Å². The molecule has 3 aromatic rings. The first-order chi connectivity index (χ1) is 14.4. The van der Waals surface area contributed by atoms with E-state index in [1.807, 2.05) is 25.1 Å². The number of hydrogen-bond acceptors (Lipinski definition) is 4. The van der Waals surface area contributed by atoms with Crippen molar-refractivity contribution >= 4 is 43.2 Å². The lowest BCUT2D eigenvalue weighted by atomic mass is 10.2. The molecule has 0 bridgehead atoms. The highest BCUT2D eigenvalue weighted by Crippen LogP contribution is 2.21. The van der Waals surface area contributed by atoms with Gasteiger partial charge in [-0.3, -0.25) is 9.52 Å². The molecule has 8 heteroatoms. The van der Waals surface area contributed by atoms with Crippen molar-refractivity contribution in [1.82, 2.24) is 0 Å². The quantitative estimate of drug-likeness (QED) is 0.464.